The van der Waals surface area contributed by atoms with E-state index in [2.05, 4.69) is 37.1 Å². The van der Waals surface area contributed by atoms with Crippen LogP contribution in [-0.4, -0.2) is 7.05 Å². The molecule has 1 aliphatic rings. The summed E-state index contributed by atoms with van der Waals surface area (Å²) in [6, 6.07) is 6.61. The molecule has 1 aromatic rings. The lowest BCUT2D eigenvalue weighted by Gasteiger charge is -2.32. The predicted molar refractivity (Wildman–Crippen MR) is 43.3 cm³/mol. The van der Waals surface area contributed by atoms with Gasteiger partial charge in [0.2, 0.25) is 0 Å². The first-order chi connectivity index (χ1) is 4.77. The zero-order valence-electron chi connectivity index (χ0n) is 6.39. The summed E-state index contributed by atoms with van der Waals surface area (Å²) >= 11 is 0. The maximum absolute atomic E-state index is 2.26. The molecule has 0 atom stereocenters. The third kappa shape index (κ3) is 0.635. The molecule has 0 amide bonds. The van der Waals surface area contributed by atoms with Gasteiger partial charge >= 0.3 is 0 Å². The highest BCUT2D eigenvalue weighted by Gasteiger charge is 2.17. The Bertz CT molecular complexity index is 265. The molecule has 0 N–H and O–H groups in total. The van der Waals surface area contributed by atoms with Crippen LogP contribution in [0.5, 0.6) is 0 Å². The van der Waals surface area contributed by atoms with E-state index in [9.17, 15) is 0 Å². The Morgan fingerprint density at radius 2 is 2.20 bits per heavy atom. The minimum absolute atomic E-state index is 1.12. The van der Waals surface area contributed by atoms with E-state index in [0.717, 1.165) is 6.54 Å². The molecule has 1 aliphatic heterocycles. The van der Waals surface area contributed by atoms with Crippen molar-refractivity contribution in [3.05, 3.63) is 29.3 Å². The molecule has 0 spiro atoms. The Morgan fingerprint density at radius 1 is 1.40 bits per heavy atom. The lowest BCUT2D eigenvalue weighted by molar-refractivity contribution is 0.835. The van der Waals surface area contributed by atoms with Crippen LogP contribution in [0, 0.1) is 6.92 Å². The monoisotopic (exact) mass is 133 g/mol. The summed E-state index contributed by atoms with van der Waals surface area (Å²) in [4.78, 5) is 2.26. The summed E-state index contributed by atoms with van der Waals surface area (Å²) in [6.07, 6.45) is 0. The van der Waals surface area contributed by atoms with E-state index in [4.69, 9.17) is 0 Å². The van der Waals surface area contributed by atoms with Gasteiger partial charge < -0.3 is 4.90 Å². The minimum atomic E-state index is 1.12. The maximum Gasteiger partial charge on any atom is 0.0446 e. The Labute approximate surface area is 61.3 Å². The molecule has 0 unspecified atom stereocenters. The van der Waals surface area contributed by atoms with E-state index >= 15 is 0 Å². The zero-order chi connectivity index (χ0) is 7.14. The fourth-order valence-corrected chi connectivity index (χ4v) is 1.46. The van der Waals surface area contributed by atoms with Gasteiger partial charge in [0.05, 0.1) is 0 Å². The summed E-state index contributed by atoms with van der Waals surface area (Å²) in [5.74, 6) is 0. The van der Waals surface area contributed by atoms with Gasteiger partial charge in [-0.15, -0.1) is 0 Å². The summed E-state index contributed by atoms with van der Waals surface area (Å²) < 4.78 is 0. The van der Waals surface area contributed by atoms with Crippen molar-refractivity contribution in [2.24, 2.45) is 0 Å². The Hall–Kier alpha value is -0.980. The third-order valence-electron chi connectivity index (χ3n) is 2.05. The van der Waals surface area contributed by atoms with Gasteiger partial charge in [-0.05, 0) is 18.6 Å². The SMILES string of the molecule is Cc1ccc2c(c1)CN2C. The van der Waals surface area contributed by atoms with Gasteiger partial charge in [-0.2, -0.15) is 0 Å². The molecule has 0 radical (unpaired) electrons. The van der Waals surface area contributed by atoms with Crippen molar-refractivity contribution in [2.75, 3.05) is 11.9 Å². The van der Waals surface area contributed by atoms with Gasteiger partial charge in [-0.25, -0.2) is 0 Å². The van der Waals surface area contributed by atoms with Crippen molar-refractivity contribution in [2.45, 2.75) is 13.5 Å². The normalized spacial score (nSPS) is 14.4. The smallest absolute Gasteiger partial charge is 0.0446 e. The number of aryl methyl sites for hydroxylation is 1. The standard InChI is InChI=1S/C9H11N/c1-7-3-4-9-8(5-7)6-10(9)2/h3-5H,6H2,1-2H3. The molecule has 0 saturated heterocycles. The molecular weight excluding hydrogens is 122 g/mol. The van der Waals surface area contributed by atoms with Crippen LogP contribution in [0.4, 0.5) is 5.69 Å². The van der Waals surface area contributed by atoms with E-state index in [1.807, 2.05) is 0 Å². The number of anilines is 1. The van der Waals surface area contributed by atoms with Crippen LogP contribution in [0.15, 0.2) is 18.2 Å². The van der Waals surface area contributed by atoms with Gasteiger partial charge in [0.15, 0.2) is 0 Å². The van der Waals surface area contributed by atoms with Crippen LogP contribution >= 0.6 is 0 Å². The number of rotatable bonds is 0. The second kappa shape index (κ2) is 1.75. The molecule has 0 fully saturated rings. The van der Waals surface area contributed by atoms with E-state index in [1.165, 1.54) is 16.8 Å². The van der Waals surface area contributed by atoms with E-state index < -0.39 is 0 Å². The fraction of sp³-hybridized carbons (Fsp3) is 0.333. The first-order valence-corrected chi connectivity index (χ1v) is 3.58. The minimum Gasteiger partial charge on any atom is -0.370 e. The van der Waals surface area contributed by atoms with E-state index in [1.54, 1.807) is 0 Å². The van der Waals surface area contributed by atoms with Crippen LogP contribution < -0.4 is 4.90 Å². The molecule has 10 heavy (non-hydrogen) atoms. The van der Waals surface area contributed by atoms with Gasteiger partial charge in [0.25, 0.3) is 0 Å². The maximum atomic E-state index is 2.26. The van der Waals surface area contributed by atoms with Crippen molar-refractivity contribution < 1.29 is 0 Å². The van der Waals surface area contributed by atoms with Crippen molar-refractivity contribution in [1.29, 1.82) is 0 Å². The molecule has 0 aromatic heterocycles. The number of benzene rings is 1. The highest BCUT2D eigenvalue weighted by Crippen LogP contribution is 2.31. The highest BCUT2D eigenvalue weighted by molar-refractivity contribution is 5.62. The number of hydrogen-bond acceptors (Lipinski definition) is 1. The number of fused-ring (bicyclic) bond motifs is 1. The van der Waals surface area contributed by atoms with E-state index in [0.29, 0.717) is 0 Å². The average molecular weight is 133 g/mol. The zero-order valence-corrected chi connectivity index (χ0v) is 6.39. The molecule has 0 bridgehead atoms. The van der Waals surface area contributed by atoms with Crippen molar-refractivity contribution >= 4 is 5.69 Å². The van der Waals surface area contributed by atoms with Crippen LogP contribution in [0.1, 0.15) is 11.1 Å². The Balaban J connectivity index is 2.49. The molecule has 52 valence electrons. The fourth-order valence-electron chi connectivity index (χ4n) is 1.46. The topological polar surface area (TPSA) is 3.24 Å². The first-order valence-electron chi connectivity index (χ1n) is 3.58. The van der Waals surface area contributed by atoms with Crippen LogP contribution in [0.3, 0.4) is 0 Å². The quantitative estimate of drug-likeness (QED) is 0.523. The van der Waals surface area contributed by atoms with Crippen molar-refractivity contribution in [3.8, 4) is 0 Å². The molecule has 2 rings (SSSR count). The van der Waals surface area contributed by atoms with E-state index in [-0.39, 0.29) is 0 Å². The highest BCUT2D eigenvalue weighted by atomic mass is 15.1. The molecular formula is C9H11N. The predicted octanol–water partition coefficient (Wildman–Crippen LogP) is 1.94. The molecule has 1 heterocycles. The average Bonchev–Trinajstić information content (AvgIpc) is 1.86. The molecule has 0 aliphatic carbocycles. The molecule has 0 saturated carbocycles. The number of nitrogens with zero attached hydrogens (tertiary/aromatic N) is 1. The lowest BCUT2D eigenvalue weighted by Crippen LogP contribution is -2.27. The van der Waals surface area contributed by atoms with Crippen LogP contribution in [-0.2, 0) is 6.54 Å². The summed E-state index contributed by atoms with van der Waals surface area (Å²) in [5.41, 5.74) is 4.25. The van der Waals surface area contributed by atoms with Gasteiger partial charge in [-0.3, -0.25) is 0 Å². The van der Waals surface area contributed by atoms with Crippen molar-refractivity contribution in [3.63, 3.8) is 0 Å². The largest absolute Gasteiger partial charge is 0.370 e. The Morgan fingerprint density at radius 3 is 2.80 bits per heavy atom. The Kier molecular flexibility index (Phi) is 1.01. The summed E-state index contributed by atoms with van der Waals surface area (Å²) in [6.45, 7) is 3.26. The molecule has 1 heteroatoms. The lowest BCUT2D eigenvalue weighted by atomic mass is 10.0. The summed E-state index contributed by atoms with van der Waals surface area (Å²) in [5, 5.41) is 0. The second-order valence-corrected chi connectivity index (χ2v) is 2.99. The molecule has 1 aromatic carbocycles. The number of hydrogen-bond donors (Lipinski definition) is 0. The van der Waals surface area contributed by atoms with Crippen molar-refractivity contribution in [1.82, 2.24) is 0 Å². The van der Waals surface area contributed by atoms with Crippen LogP contribution in [0.25, 0.3) is 0 Å². The van der Waals surface area contributed by atoms with Crippen LogP contribution in [0.2, 0.25) is 0 Å². The molecule has 1 nitrogen and oxygen atoms in total. The second-order valence-electron chi connectivity index (χ2n) is 2.99. The summed E-state index contributed by atoms with van der Waals surface area (Å²) in [7, 11) is 2.12. The first kappa shape index (κ1) is 5.78. The third-order valence-corrected chi connectivity index (χ3v) is 2.05. The van der Waals surface area contributed by atoms with Gasteiger partial charge in [0.1, 0.15) is 0 Å². The van der Waals surface area contributed by atoms with Gasteiger partial charge in [0, 0.05) is 19.3 Å². The van der Waals surface area contributed by atoms with Gasteiger partial charge in [-0.1, -0.05) is 17.7 Å².